The quantitative estimate of drug-likeness (QED) is 0.0744. The van der Waals surface area contributed by atoms with E-state index in [2.05, 4.69) is 364 Å². The van der Waals surface area contributed by atoms with Crippen molar-refractivity contribution in [2.45, 2.75) is 53.1 Å². The highest BCUT2D eigenvalue weighted by atomic mass is 32.2. The van der Waals surface area contributed by atoms with Crippen LogP contribution in [0, 0.1) is 13.8 Å². The maximum absolute atomic E-state index is 4.00. The molecule has 0 radical (unpaired) electrons. The van der Waals surface area contributed by atoms with Gasteiger partial charge in [0.25, 0.3) is 0 Å². The molecule has 2 unspecified atom stereocenters. The van der Waals surface area contributed by atoms with Gasteiger partial charge in [0.15, 0.2) is 0 Å². The van der Waals surface area contributed by atoms with E-state index in [0.717, 1.165) is 75.2 Å². The molecule has 0 amide bonds. The van der Waals surface area contributed by atoms with Crippen LogP contribution in [0.25, 0.3) is 39.5 Å². The first-order valence-electron chi connectivity index (χ1n) is 34.0. The summed E-state index contributed by atoms with van der Waals surface area (Å²) >= 11 is 3.80. The van der Waals surface area contributed by atoms with Crippen molar-refractivity contribution in [1.29, 1.82) is 0 Å². The molecule has 4 heteroatoms. The van der Waals surface area contributed by atoms with Crippen molar-refractivity contribution in [2.75, 3.05) is 15.6 Å². The average Bonchev–Trinajstić information content (AvgIpc) is 1.54. The Hall–Kier alpha value is -10.9. The summed E-state index contributed by atoms with van der Waals surface area (Å²) in [7, 11) is 0. The van der Waals surface area contributed by atoms with Gasteiger partial charge in [-0.1, -0.05) is 273 Å². The molecule has 0 heterocycles. The number of hydrogen-bond donors (Lipinski definition) is 0. The van der Waals surface area contributed by atoms with Crippen LogP contribution in [0.4, 0.5) is 34.1 Å². The molecule has 0 N–H and O–H groups in total. The van der Waals surface area contributed by atoms with Crippen LogP contribution in [-0.4, -0.2) is 5.75 Å². The number of rotatable bonds is 19. The summed E-state index contributed by atoms with van der Waals surface area (Å²) in [4.78, 5) is 7.35. The first-order chi connectivity index (χ1) is 48.3. The summed E-state index contributed by atoms with van der Waals surface area (Å²) < 4.78 is 0. The zero-order valence-corrected chi connectivity index (χ0v) is 56.9. The molecule has 0 bridgehead atoms. The molecule has 13 aromatic carbocycles. The van der Waals surface area contributed by atoms with Gasteiger partial charge in [0.2, 0.25) is 0 Å². The highest BCUT2D eigenvalue weighted by molar-refractivity contribution is 7.99. The van der Waals surface area contributed by atoms with Gasteiger partial charge in [0, 0.05) is 55.4 Å². The number of hydrogen-bond acceptors (Lipinski definition) is 4. The van der Waals surface area contributed by atoms with Crippen LogP contribution in [0.5, 0.6) is 0 Å². The second-order valence-corrected chi connectivity index (χ2v) is 28.2. The lowest BCUT2D eigenvalue weighted by Gasteiger charge is -2.35. The smallest absolute Gasteiger partial charge is 0.0714 e. The molecule has 98 heavy (non-hydrogen) atoms. The van der Waals surface area contributed by atoms with Gasteiger partial charge >= 0.3 is 0 Å². The van der Waals surface area contributed by atoms with Gasteiger partial charge in [0.05, 0.1) is 10.8 Å². The van der Waals surface area contributed by atoms with E-state index >= 15 is 0 Å². The standard InChI is InChI=1S/C94H74N2S2/c1-5-67-29-33-69(34-30-67)63-97-83-55-45-75(46-56-83)93(73-41-25-65(3)26-42-73)89-23-15-13-21-85(89)87-59-53-81(61-91(87)93)95(77-17-9-7-10-18-77)79-49-37-71(38-50-79)72-39-51-80(52-40-72)96(78-19-11-8-12-20-78)82-54-60-88-86-22-14-16-24-90(86)94(92(88)62-82,74-43-27-66(4)28-44-74)76-47-57-84(58-48-76)98-64-70-35-31-68(6-2)32-36-70/h5-31,33-35,37-62H,1-2,32,36,63-64H2,3-4H3. The van der Waals surface area contributed by atoms with Crippen LogP contribution in [0.1, 0.15) is 79.6 Å². The second kappa shape index (κ2) is 26.6. The molecule has 0 saturated carbocycles. The number of benzene rings is 13. The molecular weight excluding hydrogens is 1220 g/mol. The normalized spacial score (nSPS) is 15.6. The molecule has 2 nitrogen and oxygen atoms in total. The fraction of sp³-hybridized carbons (Fsp3) is 0.0851. The van der Waals surface area contributed by atoms with Crippen LogP contribution >= 0.6 is 23.5 Å². The van der Waals surface area contributed by atoms with E-state index in [1.807, 2.05) is 35.7 Å². The largest absolute Gasteiger partial charge is 0.310 e. The average molecular weight is 1300 g/mol. The third-order valence-corrected chi connectivity index (χ3v) is 22.5. The lowest BCUT2D eigenvalue weighted by molar-refractivity contribution is 0.766. The van der Waals surface area contributed by atoms with Crippen molar-refractivity contribution >= 4 is 63.7 Å². The number of allylic oxidation sites excluding steroid dienone is 4. The minimum Gasteiger partial charge on any atom is -0.310 e. The highest BCUT2D eigenvalue weighted by Gasteiger charge is 2.48. The highest BCUT2D eigenvalue weighted by Crippen LogP contribution is 2.60. The summed E-state index contributed by atoms with van der Waals surface area (Å²) in [5.41, 5.74) is 30.5. The van der Waals surface area contributed by atoms with Gasteiger partial charge in [-0.25, -0.2) is 0 Å². The predicted molar refractivity (Wildman–Crippen MR) is 418 cm³/mol. The van der Waals surface area contributed by atoms with Crippen molar-refractivity contribution in [2.24, 2.45) is 0 Å². The molecule has 13 aromatic rings. The Balaban J connectivity index is 0.740. The first-order valence-corrected chi connectivity index (χ1v) is 36.0. The molecule has 2 atom stereocenters. The zero-order chi connectivity index (χ0) is 66.2. The minimum absolute atomic E-state index is 0.573. The summed E-state index contributed by atoms with van der Waals surface area (Å²) in [5, 5.41) is 0. The van der Waals surface area contributed by atoms with Gasteiger partial charge in [-0.15, -0.1) is 23.5 Å². The molecule has 16 rings (SSSR count). The summed E-state index contributed by atoms with van der Waals surface area (Å²) in [5.74, 6) is 1.87. The van der Waals surface area contributed by atoms with E-state index in [-0.39, 0.29) is 0 Å². The Morgan fingerprint density at radius 3 is 1.14 bits per heavy atom. The van der Waals surface area contributed by atoms with Gasteiger partial charge in [-0.3, -0.25) is 0 Å². The molecule has 472 valence electrons. The zero-order valence-electron chi connectivity index (χ0n) is 55.3. The topological polar surface area (TPSA) is 6.48 Å². The van der Waals surface area contributed by atoms with Crippen LogP contribution in [0.2, 0.25) is 0 Å². The summed E-state index contributed by atoms with van der Waals surface area (Å²) in [6, 6.07) is 118. The van der Waals surface area contributed by atoms with E-state index in [1.165, 1.54) is 104 Å². The molecule has 0 spiro atoms. The van der Waals surface area contributed by atoms with Crippen molar-refractivity contribution in [3.05, 3.63) is 425 Å². The number of nitrogens with zero attached hydrogens (tertiary/aromatic N) is 2. The van der Waals surface area contributed by atoms with E-state index in [0.29, 0.717) is 0 Å². The van der Waals surface area contributed by atoms with Crippen molar-refractivity contribution in [3.8, 4) is 33.4 Å². The van der Waals surface area contributed by atoms with Gasteiger partial charge in [0.1, 0.15) is 0 Å². The molecular formula is C94H74N2S2. The maximum Gasteiger partial charge on any atom is 0.0714 e. The van der Waals surface area contributed by atoms with E-state index < -0.39 is 10.8 Å². The van der Waals surface area contributed by atoms with Gasteiger partial charge < -0.3 is 9.80 Å². The van der Waals surface area contributed by atoms with Crippen LogP contribution < -0.4 is 9.80 Å². The van der Waals surface area contributed by atoms with Gasteiger partial charge in [-0.2, -0.15) is 0 Å². The maximum atomic E-state index is 4.00. The molecule has 3 aliphatic carbocycles. The van der Waals surface area contributed by atoms with E-state index in [1.54, 1.807) is 0 Å². The third-order valence-electron chi connectivity index (χ3n) is 20.3. The molecule has 0 aliphatic heterocycles. The van der Waals surface area contributed by atoms with Crippen LogP contribution in [-0.2, 0) is 16.6 Å². The van der Waals surface area contributed by atoms with E-state index in [9.17, 15) is 0 Å². The summed E-state index contributed by atoms with van der Waals surface area (Å²) in [6.07, 6.45) is 10.6. The molecule has 3 aliphatic rings. The monoisotopic (exact) mass is 1290 g/mol. The van der Waals surface area contributed by atoms with Gasteiger partial charge in [-0.05, 0) is 218 Å². The number of anilines is 6. The fourth-order valence-corrected chi connectivity index (χ4v) is 17.1. The lowest BCUT2D eigenvalue weighted by atomic mass is 9.67. The minimum atomic E-state index is -0.583. The lowest BCUT2D eigenvalue weighted by Crippen LogP contribution is -2.28. The van der Waals surface area contributed by atoms with Crippen molar-refractivity contribution < 1.29 is 0 Å². The Labute approximate surface area is 586 Å². The molecule has 0 fully saturated rings. The Kier molecular flexibility index (Phi) is 16.8. The second-order valence-electron chi connectivity index (χ2n) is 26.1. The summed E-state index contributed by atoms with van der Waals surface area (Å²) in [6.45, 7) is 12.3. The van der Waals surface area contributed by atoms with E-state index in [4.69, 9.17) is 0 Å². The number of aryl methyl sites for hydroxylation is 2. The van der Waals surface area contributed by atoms with Crippen molar-refractivity contribution in [3.63, 3.8) is 0 Å². The first kappa shape index (κ1) is 62.0. The Bertz CT molecular complexity index is 5150. The SMILES string of the molecule is C=CC1=CC=C(CSc2ccc(C3(c4ccc(C)cc4)c4ccccc4-c4ccc(N(c5ccccc5)c5ccc(-c6ccc(N(c7ccccc7)c7ccc8c(c7)C(c7ccc(C)cc7)(c7ccc(SCc9ccc(C=C)cc9)cc7)c7ccccc7-8)cc6)cc5)cc43)cc2)CC1. The van der Waals surface area contributed by atoms with Crippen LogP contribution in [0.3, 0.4) is 0 Å². The fourth-order valence-electron chi connectivity index (χ4n) is 15.3. The Morgan fingerprint density at radius 1 is 0.337 bits per heavy atom. The number of thioether (sulfide) groups is 2. The van der Waals surface area contributed by atoms with Crippen LogP contribution in [0.15, 0.2) is 368 Å². The number of para-hydroxylation sites is 2. The third kappa shape index (κ3) is 11.3. The van der Waals surface area contributed by atoms with Crippen molar-refractivity contribution in [1.82, 2.24) is 0 Å². The molecule has 0 saturated heterocycles. The Morgan fingerprint density at radius 2 is 0.724 bits per heavy atom. The number of fused-ring (bicyclic) bond motifs is 6. The molecule has 0 aromatic heterocycles. The predicted octanol–water partition coefficient (Wildman–Crippen LogP) is 25.5.